The smallest absolute Gasteiger partial charge is 0.326 e. The second kappa shape index (κ2) is 10.0. The predicted molar refractivity (Wildman–Crippen MR) is 124 cm³/mol. The fourth-order valence-corrected chi connectivity index (χ4v) is 3.07. The van der Waals surface area contributed by atoms with E-state index in [2.05, 4.69) is 4.98 Å². The van der Waals surface area contributed by atoms with Crippen LogP contribution in [0.5, 0.6) is 0 Å². The minimum absolute atomic E-state index is 0.122. The number of hydrogen-bond donors (Lipinski definition) is 0. The van der Waals surface area contributed by atoms with E-state index in [0.29, 0.717) is 6.54 Å². The number of carbonyl (C=O) groups is 2. The third-order valence-corrected chi connectivity index (χ3v) is 4.48. The topological polar surface area (TPSA) is 77.3 Å². The molecule has 0 saturated heterocycles. The summed E-state index contributed by atoms with van der Waals surface area (Å²) in [6.45, 7) is 5.86. The molecule has 0 atom stereocenters. The highest BCUT2D eigenvalue weighted by molar-refractivity contribution is 5.94. The molecule has 1 aromatic carbocycles. The summed E-state index contributed by atoms with van der Waals surface area (Å²) >= 11 is 0. The standard InChI is InChI=1S/C25H28N4O3/c1-25(2,3)32-23(31)18-28(4)22(30)13-12-21-17-29(16-19-9-6-5-7-10-19)27-24(21)20-11-8-14-26-15-20/h5-15,17H,16,18H2,1-4H3/b13-12+. The van der Waals surface area contributed by atoms with E-state index < -0.39 is 11.6 Å². The summed E-state index contributed by atoms with van der Waals surface area (Å²) in [6.07, 6.45) is 8.49. The summed E-state index contributed by atoms with van der Waals surface area (Å²) in [7, 11) is 1.57. The third kappa shape index (κ3) is 6.63. The van der Waals surface area contributed by atoms with Gasteiger partial charge in [0.2, 0.25) is 5.91 Å². The Bertz CT molecular complexity index is 1080. The third-order valence-electron chi connectivity index (χ3n) is 4.48. The predicted octanol–water partition coefficient (Wildman–Crippen LogP) is 3.81. The molecule has 1 amide bonds. The van der Waals surface area contributed by atoms with Crippen LogP contribution in [0.2, 0.25) is 0 Å². The van der Waals surface area contributed by atoms with Gasteiger partial charge in [-0.3, -0.25) is 19.3 Å². The van der Waals surface area contributed by atoms with Gasteiger partial charge in [-0.2, -0.15) is 5.10 Å². The maximum absolute atomic E-state index is 12.6. The zero-order chi connectivity index (χ0) is 23.1. The van der Waals surface area contributed by atoms with Gasteiger partial charge in [0.05, 0.1) is 6.54 Å². The van der Waals surface area contributed by atoms with Gasteiger partial charge < -0.3 is 9.64 Å². The van der Waals surface area contributed by atoms with Gasteiger partial charge in [0, 0.05) is 42.8 Å². The van der Waals surface area contributed by atoms with Crippen LogP contribution in [0.4, 0.5) is 0 Å². The molecule has 0 saturated carbocycles. The molecular formula is C25H28N4O3. The zero-order valence-corrected chi connectivity index (χ0v) is 18.9. The van der Waals surface area contributed by atoms with Crippen LogP contribution in [0.1, 0.15) is 31.9 Å². The number of rotatable bonds is 7. The van der Waals surface area contributed by atoms with E-state index in [4.69, 9.17) is 9.84 Å². The first-order valence-corrected chi connectivity index (χ1v) is 10.4. The van der Waals surface area contributed by atoms with Gasteiger partial charge in [-0.15, -0.1) is 0 Å². The maximum atomic E-state index is 12.6. The average Bonchev–Trinajstić information content (AvgIpc) is 3.14. The van der Waals surface area contributed by atoms with Crippen molar-refractivity contribution in [1.82, 2.24) is 19.7 Å². The summed E-state index contributed by atoms with van der Waals surface area (Å²) in [5.74, 6) is -0.753. The molecule has 7 nitrogen and oxygen atoms in total. The van der Waals surface area contributed by atoms with Crippen molar-refractivity contribution in [3.63, 3.8) is 0 Å². The Balaban J connectivity index is 1.78. The number of hydrogen-bond acceptors (Lipinski definition) is 5. The first-order chi connectivity index (χ1) is 15.2. The van der Waals surface area contributed by atoms with Crippen molar-refractivity contribution >= 4 is 18.0 Å². The molecule has 32 heavy (non-hydrogen) atoms. The molecule has 0 aliphatic heterocycles. The Morgan fingerprint density at radius 3 is 2.53 bits per heavy atom. The van der Waals surface area contributed by atoms with E-state index in [1.807, 2.05) is 53.3 Å². The van der Waals surface area contributed by atoms with Crippen LogP contribution in [-0.2, 0) is 20.9 Å². The van der Waals surface area contributed by atoms with Crippen molar-refractivity contribution in [2.24, 2.45) is 0 Å². The highest BCUT2D eigenvalue weighted by atomic mass is 16.6. The van der Waals surface area contributed by atoms with E-state index in [1.165, 1.54) is 11.0 Å². The molecule has 0 unspecified atom stereocenters. The molecule has 2 heterocycles. The quantitative estimate of drug-likeness (QED) is 0.419. The van der Waals surface area contributed by atoms with Gasteiger partial charge >= 0.3 is 5.97 Å². The number of pyridine rings is 1. The normalized spacial score (nSPS) is 11.5. The molecule has 0 radical (unpaired) electrons. The van der Waals surface area contributed by atoms with Gasteiger partial charge in [-0.25, -0.2) is 0 Å². The molecule has 0 aliphatic carbocycles. The molecule has 0 spiro atoms. The van der Waals surface area contributed by atoms with E-state index in [9.17, 15) is 9.59 Å². The fraction of sp³-hybridized carbons (Fsp3) is 0.280. The Morgan fingerprint density at radius 1 is 1.12 bits per heavy atom. The van der Waals surface area contributed by atoms with Crippen molar-refractivity contribution in [2.75, 3.05) is 13.6 Å². The second-order valence-corrected chi connectivity index (χ2v) is 8.47. The Hall–Kier alpha value is -3.74. The van der Waals surface area contributed by atoms with Gasteiger partial charge in [-0.05, 0) is 44.5 Å². The number of ether oxygens (including phenoxy) is 1. The molecule has 0 aliphatic rings. The van der Waals surface area contributed by atoms with Gasteiger partial charge in [0.25, 0.3) is 0 Å². The van der Waals surface area contributed by atoms with Crippen molar-refractivity contribution in [3.05, 3.63) is 78.3 Å². The number of benzene rings is 1. The van der Waals surface area contributed by atoms with Crippen molar-refractivity contribution < 1.29 is 14.3 Å². The SMILES string of the molecule is CN(CC(=O)OC(C)(C)C)C(=O)/C=C/c1cn(Cc2ccccc2)nc1-c1cccnc1. The van der Waals surface area contributed by atoms with Gasteiger partial charge in [0.15, 0.2) is 0 Å². The number of amides is 1. The van der Waals surface area contributed by atoms with Crippen LogP contribution in [-0.4, -0.2) is 50.7 Å². The number of nitrogens with zero attached hydrogens (tertiary/aromatic N) is 4. The molecule has 0 N–H and O–H groups in total. The highest BCUT2D eigenvalue weighted by Crippen LogP contribution is 2.23. The molecule has 166 valence electrons. The van der Waals surface area contributed by atoms with Crippen LogP contribution < -0.4 is 0 Å². The lowest BCUT2D eigenvalue weighted by Crippen LogP contribution is -2.35. The minimum atomic E-state index is -0.594. The average molecular weight is 433 g/mol. The fourth-order valence-electron chi connectivity index (χ4n) is 3.07. The zero-order valence-electron chi connectivity index (χ0n) is 18.9. The number of likely N-dealkylation sites (N-methyl/N-ethyl adjacent to an activating group) is 1. The largest absolute Gasteiger partial charge is 0.459 e. The molecular weight excluding hydrogens is 404 g/mol. The Kier molecular flexibility index (Phi) is 7.20. The highest BCUT2D eigenvalue weighted by Gasteiger charge is 2.19. The first-order valence-electron chi connectivity index (χ1n) is 10.4. The summed E-state index contributed by atoms with van der Waals surface area (Å²) in [4.78, 5) is 30.1. The van der Waals surface area contributed by atoms with Crippen LogP contribution in [0.15, 0.2) is 67.1 Å². The van der Waals surface area contributed by atoms with Gasteiger partial charge in [-0.1, -0.05) is 30.3 Å². The van der Waals surface area contributed by atoms with Gasteiger partial charge in [0.1, 0.15) is 17.8 Å². The molecule has 0 fully saturated rings. The minimum Gasteiger partial charge on any atom is -0.459 e. The Morgan fingerprint density at radius 2 is 1.88 bits per heavy atom. The summed E-state index contributed by atoms with van der Waals surface area (Å²) < 4.78 is 7.12. The molecule has 0 bridgehead atoms. The number of aromatic nitrogens is 3. The summed E-state index contributed by atoms with van der Waals surface area (Å²) in [6, 6.07) is 13.8. The van der Waals surface area contributed by atoms with Crippen LogP contribution >= 0.6 is 0 Å². The van der Waals surface area contributed by atoms with E-state index in [0.717, 1.165) is 22.4 Å². The number of esters is 1. The van der Waals surface area contributed by atoms with Crippen molar-refractivity contribution in [1.29, 1.82) is 0 Å². The van der Waals surface area contributed by atoms with E-state index >= 15 is 0 Å². The van der Waals surface area contributed by atoms with Crippen LogP contribution in [0.3, 0.4) is 0 Å². The van der Waals surface area contributed by atoms with E-state index in [1.54, 1.807) is 46.3 Å². The molecule has 7 heteroatoms. The lowest BCUT2D eigenvalue weighted by molar-refractivity contribution is -0.157. The van der Waals surface area contributed by atoms with Crippen molar-refractivity contribution in [3.8, 4) is 11.3 Å². The molecule has 3 aromatic rings. The molecule has 2 aromatic heterocycles. The lowest BCUT2D eigenvalue weighted by atomic mass is 10.1. The van der Waals surface area contributed by atoms with E-state index in [-0.39, 0.29) is 12.5 Å². The monoisotopic (exact) mass is 432 g/mol. The second-order valence-electron chi connectivity index (χ2n) is 8.47. The lowest BCUT2D eigenvalue weighted by Gasteiger charge is -2.22. The van der Waals surface area contributed by atoms with Crippen LogP contribution in [0, 0.1) is 0 Å². The Labute approximate surface area is 188 Å². The van der Waals surface area contributed by atoms with Crippen LogP contribution in [0.25, 0.3) is 17.3 Å². The molecule has 3 rings (SSSR count). The first kappa shape index (κ1) is 22.9. The summed E-state index contributed by atoms with van der Waals surface area (Å²) in [5, 5.41) is 4.71. The van der Waals surface area contributed by atoms with Crippen molar-refractivity contribution in [2.45, 2.75) is 32.9 Å². The summed E-state index contributed by atoms with van der Waals surface area (Å²) in [5.41, 5.74) is 2.90. The maximum Gasteiger partial charge on any atom is 0.326 e. The number of carbonyl (C=O) groups excluding carboxylic acids is 2.